The summed E-state index contributed by atoms with van der Waals surface area (Å²) in [6.07, 6.45) is 6.38. The second-order valence-corrected chi connectivity index (χ2v) is 6.32. The molecule has 3 rings (SSSR count). The molecule has 0 radical (unpaired) electrons. The van der Waals surface area contributed by atoms with Gasteiger partial charge in [-0.1, -0.05) is 61.2 Å². The molecule has 1 amide bonds. The largest absolute Gasteiger partial charge is 0.387 e. The highest BCUT2D eigenvalue weighted by molar-refractivity contribution is 6.07. The number of hydrogen-bond donors (Lipinski definition) is 3. The monoisotopic (exact) mass is 382 g/mol. The fraction of sp³-hybridized carbons (Fsp3) is 0.0417. The first-order chi connectivity index (χ1) is 14.2. The van der Waals surface area contributed by atoms with Gasteiger partial charge in [-0.25, -0.2) is 4.98 Å². The molecule has 0 fully saturated rings. The average Bonchev–Trinajstić information content (AvgIpc) is 2.78. The molecule has 144 valence electrons. The molecule has 0 aliphatic rings. The van der Waals surface area contributed by atoms with E-state index in [1.807, 2.05) is 48.5 Å². The smallest absolute Gasteiger partial charge is 0.248 e. The SMILES string of the molecule is C=CC(=O)Nc1ccc(CN/C=C\C(=N)c2cccc(-c3ccccc3)c2)cn1. The molecule has 1 aromatic heterocycles. The number of rotatable bonds is 8. The molecule has 0 saturated heterocycles. The van der Waals surface area contributed by atoms with E-state index in [4.69, 9.17) is 5.41 Å². The Hall–Kier alpha value is -3.99. The highest BCUT2D eigenvalue weighted by Gasteiger charge is 2.02. The Balaban J connectivity index is 1.55. The van der Waals surface area contributed by atoms with Crippen molar-refractivity contribution in [1.29, 1.82) is 5.41 Å². The van der Waals surface area contributed by atoms with Crippen molar-refractivity contribution in [2.75, 3.05) is 5.32 Å². The standard InChI is InChI=1S/C24H22N4O/c1-2-24(29)28-23-12-11-18(17-27-23)16-26-14-13-22(25)21-10-6-9-20(15-21)19-7-4-3-5-8-19/h2-15,17,25-26H,1,16H2,(H,27,28,29)/b14-13-,25-22?. The molecule has 0 unspecified atom stereocenters. The Kier molecular flexibility index (Phi) is 6.68. The number of aromatic nitrogens is 1. The number of hydrogen-bond acceptors (Lipinski definition) is 4. The van der Waals surface area contributed by atoms with E-state index in [0.717, 1.165) is 22.3 Å². The van der Waals surface area contributed by atoms with Gasteiger partial charge in [0.05, 0.1) is 5.71 Å². The van der Waals surface area contributed by atoms with E-state index in [1.54, 1.807) is 24.5 Å². The Bertz CT molecular complexity index is 1020. The van der Waals surface area contributed by atoms with Crippen molar-refractivity contribution in [2.45, 2.75) is 6.54 Å². The predicted molar refractivity (Wildman–Crippen MR) is 118 cm³/mol. The molecule has 5 heteroatoms. The summed E-state index contributed by atoms with van der Waals surface area (Å²) in [5.74, 6) is 0.190. The minimum Gasteiger partial charge on any atom is -0.387 e. The predicted octanol–water partition coefficient (Wildman–Crippen LogP) is 4.54. The number of anilines is 1. The van der Waals surface area contributed by atoms with Crippen LogP contribution in [0.3, 0.4) is 0 Å². The van der Waals surface area contributed by atoms with E-state index >= 15 is 0 Å². The lowest BCUT2D eigenvalue weighted by Crippen LogP contribution is -2.10. The number of amides is 1. The first-order valence-corrected chi connectivity index (χ1v) is 9.18. The molecule has 0 bridgehead atoms. The zero-order valence-electron chi connectivity index (χ0n) is 15.9. The second kappa shape index (κ2) is 9.80. The number of carbonyl (C=O) groups is 1. The van der Waals surface area contributed by atoms with Crippen molar-refractivity contribution in [3.63, 3.8) is 0 Å². The van der Waals surface area contributed by atoms with Crippen LogP contribution in [0.4, 0.5) is 5.82 Å². The summed E-state index contributed by atoms with van der Waals surface area (Å²) < 4.78 is 0. The molecule has 3 N–H and O–H groups in total. The fourth-order valence-corrected chi connectivity index (χ4v) is 2.69. The van der Waals surface area contributed by atoms with Gasteiger partial charge in [-0.05, 0) is 47.2 Å². The maximum Gasteiger partial charge on any atom is 0.248 e. The van der Waals surface area contributed by atoms with Crippen molar-refractivity contribution in [1.82, 2.24) is 10.3 Å². The zero-order valence-corrected chi connectivity index (χ0v) is 15.9. The number of benzene rings is 2. The van der Waals surface area contributed by atoms with Crippen LogP contribution in [0.25, 0.3) is 11.1 Å². The number of pyridine rings is 1. The summed E-state index contributed by atoms with van der Waals surface area (Å²) in [6.45, 7) is 3.97. The van der Waals surface area contributed by atoms with Crippen LogP contribution in [0, 0.1) is 5.41 Å². The Morgan fingerprint density at radius 1 is 1.03 bits per heavy atom. The fourth-order valence-electron chi connectivity index (χ4n) is 2.69. The van der Waals surface area contributed by atoms with Crippen LogP contribution < -0.4 is 10.6 Å². The van der Waals surface area contributed by atoms with Crippen LogP contribution in [0.2, 0.25) is 0 Å². The molecule has 0 spiro atoms. The molecule has 0 atom stereocenters. The van der Waals surface area contributed by atoms with Crippen LogP contribution in [0.5, 0.6) is 0 Å². The molecule has 1 heterocycles. The molecular formula is C24H22N4O. The summed E-state index contributed by atoms with van der Waals surface area (Å²) >= 11 is 0. The molecule has 5 nitrogen and oxygen atoms in total. The lowest BCUT2D eigenvalue weighted by molar-refractivity contribution is -0.111. The zero-order chi connectivity index (χ0) is 20.5. The molecule has 2 aromatic carbocycles. The average molecular weight is 382 g/mol. The first kappa shape index (κ1) is 19.8. The van der Waals surface area contributed by atoms with Gasteiger partial charge in [0.1, 0.15) is 5.82 Å². The molecule has 0 aliphatic heterocycles. The second-order valence-electron chi connectivity index (χ2n) is 6.32. The Morgan fingerprint density at radius 2 is 1.83 bits per heavy atom. The minimum absolute atomic E-state index is 0.291. The van der Waals surface area contributed by atoms with Gasteiger partial charge in [-0.3, -0.25) is 4.79 Å². The van der Waals surface area contributed by atoms with Crippen molar-refractivity contribution in [3.05, 3.63) is 109 Å². The van der Waals surface area contributed by atoms with Gasteiger partial charge >= 0.3 is 0 Å². The number of carbonyl (C=O) groups excluding carboxylic acids is 1. The van der Waals surface area contributed by atoms with Gasteiger partial charge in [0.15, 0.2) is 0 Å². The van der Waals surface area contributed by atoms with E-state index in [0.29, 0.717) is 18.1 Å². The number of allylic oxidation sites excluding steroid dienone is 1. The van der Waals surface area contributed by atoms with Crippen LogP contribution in [0.15, 0.2) is 97.9 Å². The Morgan fingerprint density at radius 3 is 2.55 bits per heavy atom. The summed E-state index contributed by atoms with van der Waals surface area (Å²) in [4.78, 5) is 15.4. The van der Waals surface area contributed by atoms with Gasteiger partial charge in [0.2, 0.25) is 5.91 Å². The molecule has 3 aromatic rings. The van der Waals surface area contributed by atoms with Gasteiger partial charge in [0.25, 0.3) is 0 Å². The van der Waals surface area contributed by atoms with E-state index in [9.17, 15) is 4.79 Å². The lowest BCUT2D eigenvalue weighted by atomic mass is 10.0. The van der Waals surface area contributed by atoms with E-state index in [2.05, 4.69) is 34.3 Å². The van der Waals surface area contributed by atoms with Crippen molar-refractivity contribution in [3.8, 4) is 11.1 Å². The third-order valence-electron chi connectivity index (χ3n) is 4.22. The van der Waals surface area contributed by atoms with E-state index in [-0.39, 0.29) is 5.91 Å². The van der Waals surface area contributed by atoms with Gasteiger partial charge < -0.3 is 16.0 Å². The Labute approximate surface area is 170 Å². The van der Waals surface area contributed by atoms with Gasteiger partial charge in [0, 0.05) is 18.3 Å². The van der Waals surface area contributed by atoms with Gasteiger partial charge in [-0.15, -0.1) is 0 Å². The summed E-state index contributed by atoms with van der Waals surface area (Å²) in [7, 11) is 0. The van der Waals surface area contributed by atoms with Gasteiger partial charge in [-0.2, -0.15) is 0 Å². The van der Waals surface area contributed by atoms with Crippen LogP contribution in [-0.4, -0.2) is 16.6 Å². The number of nitrogens with one attached hydrogen (secondary N) is 3. The van der Waals surface area contributed by atoms with Crippen molar-refractivity contribution >= 4 is 17.4 Å². The maximum absolute atomic E-state index is 11.2. The molecule has 0 saturated carbocycles. The minimum atomic E-state index is -0.291. The van der Waals surface area contributed by atoms with Crippen LogP contribution >= 0.6 is 0 Å². The topological polar surface area (TPSA) is 77.9 Å². The molecule has 29 heavy (non-hydrogen) atoms. The van der Waals surface area contributed by atoms with E-state index in [1.165, 1.54) is 6.08 Å². The molecular weight excluding hydrogens is 360 g/mol. The van der Waals surface area contributed by atoms with E-state index < -0.39 is 0 Å². The normalized spacial score (nSPS) is 10.5. The van der Waals surface area contributed by atoms with Crippen molar-refractivity contribution < 1.29 is 4.79 Å². The third kappa shape index (κ3) is 5.74. The quantitative estimate of drug-likeness (QED) is 0.395. The van der Waals surface area contributed by atoms with Crippen LogP contribution in [-0.2, 0) is 11.3 Å². The highest BCUT2D eigenvalue weighted by atomic mass is 16.1. The lowest BCUT2D eigenvalue weighted by Gasteiger charge is -2.06. The molecule has 0 aliphatic carbocycles. The first-order valence-electron chi connectivity index (χ1n) is 9.18. The third-order valence-corrected chi connectivity index (χ3v) is 4.22. The maximum atomic E-state index is 11.2. The summed E-state index contributed by atoms with van der Waals surface area (Å²) in [5, 5.41) is 14.1. The number of nitrogens with zero attached hydrogens (tertiary/aromatic N) is 1. The summed E-state index contributed by atoms with van der Waals surface area (Å²) in [5.41, 5.74) is 4.46. The summed E-state index contributed by atoms with van der Waals surface area (Å²) in [6, 6.07) is 21.7. The van der Waals surface area contributed by atoms with Crippen LogP contribution in [0.1, 0.15) is 11.1 Å². The van der Waals surface area contributed by atoms with Crippen molar-refractivity contribution in [2.24, 2.45) is 0 Å². The highest BCUT2D eigenvalue weighted by Crippen LogP contribution is 2.20.